The highest BCUT2D eigenvalue weighted by Gasteiger charge is 2.43. The average Bonchev–Trinajstić information content (AvgIpc) is 3.17. The number of likely N-dealkylation sites (tertiary alicyclic amines) is 1. The van der Waals surface area contributed by atoms with Gasteiger partial charge in [0.1, 0.15) is 5.82 Å². The van der Waals surface area contributed by atoms with Crippen LogP contribution in [0.15, 0.2) is 54.6 Å². The molecule has 1 aliphatic heterocycles. The Morgan fingerprint density at radius 3 is 2.69 bits per heavy atom. The standard InChI is InChI=1S/C23H27N3O3/c27-16-23(14-17-6-2-1-3-7-17)15-26(13-12-20(23)28)22(29)11-10-21-24-18-8-4-5-9-19(18)25-21/h1-9,20,27-28H,10-16H2,(H,24,25)/t20-,23+/m0/s1. The zero-order valence-corrected chi connectivity index (χ0v) is 16.4. The molecule has 0 aliphatic carbocycles. The van der Waals surface area contributed by atoms with Crippen molar-refractivity contribution in [2.24, 2.45) is 5.41 Å². The van der Waals surface area contributed by atoms with Crippen LogP contribution in [0.3, 0.4) is 0 Å². The number of para-hydroxylation sites is 2. The predicted molar refractivity (Wildman–Crippen MR) is 111 cm³/mol. The summed E-state index contributed by atoms with van der Waals surface area (Å²) < 4.78 is 0. The van der Waals surface area contributed by atoms with Gasteiger partial charge in [-0.25, -0.2) is 4.98 Å². The van der Waals surface area contributed by atoms with Crippen LogP contribution in [0.25, 0.3) is 11.0 Å². The van der Waals surface area contributed by atoms with Crippen LogP contribution in [0.1, 0.15) is 24.2 Å². The lowest BCUT2D eigenvalue weighted by atomic mass is 9.73. The summed E-state index contributed by atoms with van der Waals surface area (Å²) in [5.41, 5.74) is 2.20. The molecule has 4 rings (SSSR count). The molecule has 1 saturated heterocycles. The molecule has 3 N–H and O–H groups in total. The van der Waals surface area contributed by atoms with E-state index >= 15 is 0 Å². The number of fused-ring (bicyclic) bond motifs is 1. The number of aromatic amines is 1. The second kappa shape index (κ2) is 8.35. The van der Waals surface area contributed by atoms with Gasteiger partial charge in [0.2, 0.25) is 5.91 Å². The van der Waals surface area contributed by atoms with Crippen LogP contribution in [0.2, 0.25) is 0 Å². The Balaban J connectivity index is 1.42. The van der Waals surface area contributed by atoms with Gasteiger partial charge in [-0.3, -0.25) is 4.79 Å². The molecule has 29 heavy (non-hydrogen) atoms. The molecule has 1 aromatic heterocycles. The summed E-state index contributed by atoms with van der Waals surface area (Å²) in [5.74, 6) is 0.831. The third-order valence-corrected chi connectivity index (χ3v) is 5.97. The molecule has 6 nitrogen and oxygen atoms in total. The van der Waals surface area contributed by atoms with E-state index in [0.29, 0.717) is 38.8 Å². The Bertz CT molecular complexity index is 939. The summed E-state index contributed by atoms with van der Waals surface area (Å²) in [6.07, 6.45) is 1.27. The number of aryl methyl sites for hydroxylation is 1. The fourth-order valence-electron chi connectivity index (χ4n) is 4.26. The van der Waals surface area contributed by atoms with Crippen LogP contribution < -0.4 is 0 Å². The summed E-state index contributed by atoms with van der Waals surface area (Å²) in [5, 5.41) is 20.8. The molecule has 0 spiro atoms. The maximum absolute atomic E-state index is 12.9. The van der Waals surface area contributed by atoms with E-state index in [4.69, 9.17) is 0 Å². The van der Waals surface area contributed by atoms with Crippen molar-refractivity contribution in [3.8, 4) is 0 Å². The van der Waals surface area contributed by atoms with Crippen molar-refractivity contribution in [2.45, 2.75) is 31.8 Å². The number of imidazole rings is 1. The van der Waals surface area contributed by atoms with E-state index in [0.717, 1.165) is 22.4 Å². The van der Waals surface area contributed by atoms with Gasteiger partial charge in [0.15, 0.2) is 0 Å². The fourth-order valence-corrected chi connectivity index (χ4v) is 4.26. The van der Waals surface area contributed by atoms with Gasteiger partial charge in [-0.2, -0.15) is 0 Å². The van der Waals surface area contributed by atoms with Crippen molar-refractivity contribution in [1.29, 1.82) is 0 Å². The number of amides is 1. The molecular formula is C23H27N3O3. The quantitative estimate of drug-likeness (QED) is 0.600. The summed E-state index contributed by atoms with van der Waals surface area (Å²) in [4.78, 5) is 22.5. The highest BCUT2D eigenvalue weighted by Crippen LogP contribution is 2.34. The third-order valence-electron chi connectivity index (χ3n) is 5.97. The number of hydrogen-bond acceptors (Lipinski definition) is 4. The summed E-state index contributed by atoms with van der Waals surface area (Å²) in [7, 11) is 0. The molecule has 0 radical (unpaired) electrons. The second-order valence-corrected chi connectivity index (χ2v) is 8.00. The number of aliphatic hydroxyl groups excluding tert-OH is 2. The van der Waals surface area contributed by atoms with E-state index in [9.17, 15) is 15.0 Å². The fraction of sp³-hybridized carbons (Fsp3) is 0.391. The molecule has 152 valence electrons. The second-order valence-electron chi connectivity index (χ2n) is 8.00. The molecule has 1 aliphatic rings. The largest absolute Gasteiger partial charge is 0.396 e. The number of carbonyl (C=O) groups is 1. The summed E-state index contributed by atoms with van der Waals surface area (Å²) >= 11 is 0. The van der Waals surface area contributed by atoms with Crippen LogP contribution in [-0.2, 0) is 17.6 Å². The molecule has 1 fully saturated rings. The van der Waals surface area contributed by atoms with Gasteiger partial charge in [0, 0.05) is 31.3 Å². The number of nitrogens with zero attached hydrogens (tertiary/aromatic N) is 2. The molecule has 2 aromatic carbocycles. The molecule has 3 aromatic rings. The minimum Gasteiger partial charge on any atom is -0.396 e. The number of hydrogen-bond donors (Lipinski definition) is 3. The Hall–Kier alpha value is -2.70. The van der Waals surface area contributed by atoms with Crippen molar-refractivity contribution in [2.75, 3.05) is 19.7 Å². The van der Waals surface area contributed by atoms with Gasteiger partial charge < -0.3 is 20.1 Å². The van der Waals surface area contributed by atoms with Crippen molar-refractivity contribution >= 4 is 16.9 Å². The first-order valence-electron chi connectivity index (χ1n) is 10.1. The van der Waals surface area contributed by atoms with E-state index < -0.39 is 11.5 Å². The number of rotatable bonds is 6. The molecular weight excluding hydrogens is 366 g/mol. The van der Waals surface area contributed by atoms with Gasteiger partial charge in [-0.1, -0.05) is 42.5 Å². The van der Waals surface area contributed by atoms with E-state index in [1.807, 2.05) is 54.6 Å². The lowest BCUT2D eigenvalue weighted by Crippen LogP contribution is -2.56. The van der Waals surface area contributed by atoms with Crippen molar-refractivity contribution < 1.29 is 15.0 Å². The summed E-state index contributed by atoms with van der Waals surface area (Å²) in [6.45, 7) is 0.714. The van der Waals surface area contributed by atoms with Crippen molar-refractivity contribution in [1.82, 2.24) is 14.9 Å². The average molecular weight is 393 g/mol. The Morgan fingerprint density at radius 2 is 1.93 bits per heavy atom. The molecule has 2 heterocycles. The Kier molecular flexibility index (Phi) is 5.65. The SMILES string of the molecule is O=C(CCc1nc2ccccc2[nH]1)N1CC[C@H](O)[C@](CO)(Cc2ccccc2)C1. The molecule has 2 atom stereocenters. The van der Waals surface area contributed by atoms with Gasteiger partial charge in [0.25, 0.3) is 0 Å². The van der Waals surface area contributed by atoms with Crippen molar-refractivity contribution in [3.63, 3.8) is 0 Å². The number of benzene rings is 2. The maximum Gasteiger partial charge on any atom is 0.223 e. The van der Waals surface area contributed by atoms with E-state index in [1.165, 1.54) is 0 Å². The first-order valence-corrected chi connectivity index (χ1v) is 10.1. The van der Waals surface area contributed by atoms with Gasteiger partial charge in [-0.15, -0.1) is 0 Å². The lowest BCUT2D eigenvalue weighted by Gasteiger charge is -2.45. The van der Waals surface area contributed by atoms with Crippen LogP contribution in [-0.4, -0.2) is 56.8 Å². The highest BCUT2D eigenvalue weighted by atomic mass is 16.3. The molecule has 0 unspecified atom stereocenters. The van der Waals surface area contributed by atoms with Crippen molar-refractivity contribution in [3.05, 3.63) is 66.0 Å². The monoisotopic (exact) mass is 393 g/mol. The predicted octanol–water partition coefficient (Wildman–Crippen LogP) is 2.31. The van der Waals surface area contributed by atoms with E-state index in [1.54, 1.807) is 4.90 Å². The number of aliphatic hydroxyl groups is 2. The van der Waals surface area contributed by atoms with Crippen LogP contribution in [0.4, 0.5) is 0 Å². The zero-order valence-electron chi connectivity index (χ0n) is 16.4. The topological polar surface area (TPSA) is 89.5 Å². The molecule has 6 heteroatoms. The first-order chi connectivity index (χ1) is 14.1. The number of carbonyl (C=O) groups excluding carboxylic acids is 1. The lowest BCUT2D eigenvalue weighted by molar-refractivity contribution is -0.141. The first kappa shape index (κ1) is 19.6. The van der Waals surface area contributed by atoms with Gasteiger partial charge >= 0.3 is 0 Å². The van der Waals surface area contributed by atoms with Gasteiger partial charge in [0.05, 0.1) is 23.7 Å². The maximum atomic E-state index is 12.9. The van der Waals surface area contributed by atoms with Crippen LogP contribution in [0, 0.1) is 5.41 Å². The minimum absolute atomic E-state index is 0.0308. The number of aromatic nitrogens is 2. The minimum atomic E-state index is -0.728. The Morgan fingerprint density at radius 1 is 1.17 bits per heavy atom. The van der Waals surface area contributed by atoms with E-state index in [-0.39, 0.29) is 12.5 Å². The number of nitrogens with one attached hydrogen (secondary N) is 1. The molecule has 1 amide bonds. The smallest absolute Gasteiger partial charge is 0.223 e. The molecule has 0 saturated carbocycles. The van der Waals surface area contributed by atoms with Crippen LogP contribution >= 0.6 is 0 Å². The summed E-state index contributed by atoms with van der Waals surface area (Å²) in [6, 6.07) is 17.6. The van der Waals surface area contributed by atoms with E-state index in [2.05, 4.69) is 9.97 Å². The highest BCUT2D eigenvalue weighted by molar-refractivity contribution is 5.77. The zero-order chi connectivity index (χ0) is 20.3. The van der Waals surface area contributed by atoms with Gasteiger partial charge in [-0.05, 0) is 30.5 Å². The number of H-pyrrole nitrogens is 1. The van der Waals surface area contributed by atoms with Crippen LogP contribution in [0.5, 0.6) is 0 Å². The Labute approximate surface area is 170 Å². The normalized spacial score (nSPS) is 22.1. The molecule has 0 bridgehead atoms. The number of piperidine rings is 1. The third kappa shape index (κ3) is 4.18.